The number of halogens is 1. The second-order valence-corrected chi connectivity index (χ2v) is 9.01. The van der Waals surface area contributed by atoms with Crippen LogP contribution in [0.2, 0.25) is 0 Å². The van der Waals surface area contributed by atoms with Crippen molar-refractivity contribution < 1.29 is 18.7 Å². The molecule has 172 valence electrons. The lowest BCUT2D eigenvalue weighted by Gasteiger charge is -2.23. The summed E-state index contributed by atoms with van der Waals surface area (Å²) in [6, 6.07) is 15.0. The molecule has 7 nitrogen and oxygen atoms in total. The Kier molecular flexibility index (Phi) is 5.93. The van der Waals surface area contributed by atoms with Crippen molar-refractivity contribution in [3.63, 3.8) is 0 Å². The lowest BCUT2D eigenvalue weighted by Crippen LogP contribution is -2.37. The van der Waals surface area contributed by atoms with Crippen molar-refractivity contribution in [3.8, 4) is 5.75 Å². The molecule has 0 bridgehead atoms. The number of hydrogen-bond acceptors (Lipinski definition) is 6. The Balaban J connectivity index is 1.46. The summed E-state index contributed by atoms with van der Waals surface area (Å²) in [5.41, 5.74) is 2.17. The van der Waals surface area contributed by atoms with Crippen LogP contribution >= 0.6 is 11.3 Å². The highest BCUT2D eigenvalue weighted by atomic mass is 32.1. The Morgan fingerprint density at radius 2 is 2.06 bits per heavy atom. The number of amides is 2. The van der Waals surface area contributed by atoms with E-state index in [1.165, 1.54) is 28.4 Å². The van der Waals surface area contributed by atoms with E-state index in [1.54, 1.807) is 36.5 Å². The van der Waals surface area contributed by atoms with Gasteiger partial charge < -0.3 is 9.64 Å². The SMILES string of the molecule is COc1ccc2sc(N(Cc3cccnc3)C(=O)C3CC(=O)N(c4ccc(F)cc4)C3)nc2c1. The lowest BCUT2D eigenvalue weighted by atomic mass is 10.1. The van der Waals surface area contributed by atoms with Crippen molar-refractivity contribution in [1.82, 2.24) is 9.97 Å². The Hall–Kier alpha value is -3.85. The molecule has 0 saturated carbocycles. The summed E-state index contributed by atoms with van der Waals surface area (Å²) in [5, 5.41) is 0.546. The summed E-state index contributed by atoms with van der Waals surface area (Å²) in [6.07, 6.45) is 3.47. The van der Waals surface area contributed by atoms with E-state index in [4.69, 9.17) is 9.72 Å². The fraction of sp³-hybridized carbons (Fsp3) is 0.200. The topological polar surface area (TPSA) is 75.6 Å². The molecule has 1 aliphatic rings. The highest BCUT2D eigenvalue weighted by Crippen LogP contribution is 2.34. The molecule has 0 N–H and O–H groups in total. The van der Waals surface area contributed by atoms with Gasteiger partial charge in [0.2, 0.25) is 11.8 Å². The first-order valence-electron chi connectivity index (χ1n) is 10.7. The molecule has 0 radical (unpaired) electrons. The molecule has 34 heavy (non-hydrogen) atoms. The van der Waals surface area contributed by atoms with Crippen molar-refractivity contribution in [2.45, 2.75) is 13.0 Å². The van der Waals surface area contributed by atoms with Crippen LogP contribution in [0.4, 0.5) is 15.2 Å². The van der Waals surface area contributed by atoms with Crippen LogP contribution in [0.3, 0.4) is 0 Å². The Labute approximate surface area is 199 Å². The highest BCUT2D eigenvalue weighted by molar-refractivity contribution is 7.22. The molecule has 2 amide bonds. The van der Waals surface area contributed by atoms with Gasteiger partial charge >= 0.3 is 0 Å². The first-order valence-corrected chi connectivity index (χ1v) is 11.5. The molecule has 4 aromatic rings. The van der Waals surface area contributed by atoms with Crippen LogP contribution in [0.15, 0.2) is 67.0 Å². The van der Waals surface area contributed by atoms with E-state index in [-0.39, 0.29) is 37.1 Å². The van der Waals surface area contributed by atoms with E-state index >= 15 is 0 Å². The van der Waals surface area contributed by atoms with Gasteiger partial charge in [-0.3, -0.25) is 19.5 Å². The maximum absolute atomic E-state index is 13.7. The fourth-order valence-corrected chi connectivity index (χ4v) is 4.97. The highest BCUT2D eigenvalue weighted by Gasteiger charge is 2.38. The summed E-state index contributed by atoms with van der Waals surface area (Å²) in [7, 11) is 1.59. The van der Waals surface area contributed by atoms with Gasteiger partial charge in [-0.2, -0.15) is 0 Å². The maximum atomic E-state index is 13.7. The minimum atomic E-state index is -0.546. The molecule has 1 unspecified atom stereocenters. The third-order valence-electron chi connectivity index (χ3n) is 5.76. The zero-order valence-corrected chi connectivity index (χ0v) is 19.2. The molecule has 1 aliphatic heterocycles. The van der Waals surface area contributed by atoms with Gasteiger partial charge in [0.15, 0.2) is 5.13 Å². The minimum absolute atomic E-state index is 0.0818. The quantitative estimate of drug-likeness (QED) is 0.412. The van der Waals surface area contributed by atoms with Crippen LogP contribution in [0, 0.1) is 11.7 Å². The molecule has 5 rings (SSSR count). The number of anilines is 2. The standard InChI is InChI=1S/C25H21FN4O3S/c1-33-20-8-9-22-21(12-20)28-25(34-22)30(14-16-3-2-10-27-13-16)24(32)17-11-23(31)29(15-17)19-6-4-18(26)5-7-19/h2-10,12-13,17H,11,14-15H2,1H3. The van der Waals surface area contributed by atoms with E-state index in [0.29, 0.717) is 16.6 Å². The van der Waals surface area contributed by atoms with Crippen molar-refractivity contribution in [1.29, 1.82) is 0 Å². The predicted octanol–water partition coefficient (Wildman–Crippen LogP) is 4.43. The van der Waals surface area contributed by atoms with Crippen molar-refractivity contribution in [3.05, 3.63) is 78.4 Å². The van der Waals surface area contributed by atoms with E-state index < -0.39 is 5.92 Å². The number of pyridine rings is 1. The van der Waals surface area contributed by atoms with Gasteiger partial charge in [0, 0.05) is 37.1 Å². The third-order valence-corrected chi connectivity index (χ3v) is 6.82. The number of benzene rings is 2. The van der Waals surface area contributed by atoms with Gasteiger partial charge in [0.05, 0.1) is 29.8 Å². The Morgan fingerprint density at radius 1 is 1.24 bits per heavy atom. The van der Waals surface area contributed by atoms with E-state index in [2.05, 4.69) is 4.98 Å². The fourth-order valence-electron chi connectivity index (χ4n) is 4.02. The summed E-state index contributed by atoms with van der Waals surface area (Å²) in [4.78, 5) is 38.5. The number of carbonyl (C=O) groups is 2. The van der Waals surface area contributed by atoms with Crippen LogP contribution in [0.1, 0.15) is 12.0 Å². The van der Waals surface area contributed by atoms with Crippen molar-refractivity contribution in [2.24, 2.45) is 5.92 Å². The van der Waals surface area contributed by atoms with Crippen molar-refractivity contribution >= 4 is 44.2 Å². The second-order valence-electron chi connectivity index (χ2n) is 8.00. The largest absolute Gasteiger partial charge is 0.497 e. The molecule has 1 saturated heterocycles. The predicted molar refractivity (Wildman–Crippen MR) is 128 cm³/mol. The van der Waals surface area contributed by atoms with Crippen LogP contribution in [-0.2, 0) is 16.1 Å². The third kappa shape index (κ3) is 4.34. The molecule has 1 atom stereocenters. The number of thiazole rings is 1. The van der Waals surface area contributed by atoms with Gasteiger partial charge in [0.1, 0.15) is 11.6 Å². The summed E-state index contributed by atoms with van der Waals surface area (Å²) < 4.78 is 19.6. The average molecular weight is 477 g/mol. The Morgan fingerprint density at radius 3 is 2.79 bits per heavy atom. The number of carbonyl (C=O) groups excluding carboxylic acids is 2. The Bertz CT molecular complexity index is 1340. The number of aromatic nitrogens is 2. The second kappa shape index (κ2) is 9.18. The normalized spacial score (nSPS) is 15.6. The lowest BCUT2D eigenvalue weighted by molar-refractivity contribution is -0.124. The number of nitrogens with zero attached hydrogens (tertiary/aromatic N) is 4. The molecule has 9 heteroatoms. The van der Waals surface area contributed by atoms with Gasteiger partial charge in [-0.05, 0) is 48.0 Å². The first kappa shape index (κ1) is 22.0. The van der Waals surface area contributed by atoms with Gasteiger partial charge in [-0.1, -0.05) is 17.4 Å². The minimum Gasteiger partial charge on any atom is -0.497 e. The number of methoxy groups -OCH3 is 1. The average Bonchev–Trinajstić information content (AvgIpc) is 3.46. The zero-order chi connectivity index (χ0) is 23.7. The number of fused-ring (bicyclic) bond motifs is 1. The molecule has 0 spiro atoms. The number of ether oxygens (including phenoxy) is 1. The monoisotopic (exact) mass is 476 g/mol. The molecular formula is C25H21FN4O3S. The van der Waals surface area contributed by atoms with Crippen LogP contribution < -0.4 is 14.5 Å². The van der Waals surface area contributed by atoms with Crippen LogP contribution in [0.5, 0.6) is 5.75 Å². The zero-order valence-electron chi connectivity index (χ0n) is 18.3. The molecule has 0 aliphatic carbocycles. The molecule has 3 heterocycles. The van der Waals surface area contributed by atoms with Crippen LogP contribution in [-0.4, -0.2) is 35.4 Å². The molecule has 1 fully saturated rings. The smallest absolute Gasteiger partial charge is 0.234 e. The maximum Gasteiger partial charge on any atom is 0.234 e. The number of rotatable bonds is 6. The van der Waals surface area contributed by atoms with E-state index in [9.17, 15) is 14.0 Å². The van der Waals surface area contributed by atoms with Gasteiger partial charge in [-0.25, -0.2) is 9.37 Å². The summed E-state index contributed by atoms with van der Waals surface area (Å²) in [5.74, 6) is -0.590. The first-order chi connectivity index (χ1) is 16.5. The van der Waals surface area contributed by atoms with Crippen LogP contribution in [0.25, 0.3) is 10.2 Å². The van der Waals surface area contributed by atoms with E-state index in [1.807, 2.05) is 30.3 Å². The van der Waals surface area contributed by atoms with Gasteiger partial charge in [0.25, 0.3) is 0 Å². The number of hydrogen-bond donors (Lipinski definition) is 0. The molecule has 2 aromatic carbocycles. The summed E-state index contributed by atoms with van der Waals surface area (Å²) in [6.45, 7) is 0.510. The van der Waals surface area contributed by atoms with E-state index in [0.717, 1.165) is 15.8 Å². The summed E-state index contributed by atoms with van der Waals surface area (Å²) >= 11 is 1.41. The molecule has 2 aromatic heterocycles. The van der Waals surface area contributed by atoms with Crippen molar-refractivity contribution in [2.75, 3.05) is 23.5 Å². The molecular weight excluding hydrogens is 455 g/mol. The van der Waals surface area contributed by atoms with Gasteiger partial charge in [-0.15, -0.1) is 0 Å².